The molecule has 1 heterocycles. The number of phenolic OH excluding ortho intramolecular Hbond substituents is 1. The molecule has 1 aromatic carbocycles. The maximum absolute atomic E-state index is 12.1. The first kappa shape index (κ1) is 15.9. The molecule has 1 saturated heterocycles. The van der Waals surface area contributed by atoms with E-state index in [2.05, 4.69) is 0 Å². The molecule has 0 spiro atoms. The summed E-state index contributed by atoms with van der Waals surface area (Å²) in [5.41, 5.74) is 0.629. The fourth-order valence-corrected chi connectivity index (χ4v) is 2.31. The molecule has 0 bridgehead atoms. The second-order valence-corrected chi connectivity index (χ2v) is 4.95. The van der Waals surface area contributed by atoms with Gasteiger partial charge in [0, 0.05) is 19.0 Å². The number of carbonyl (C=O) groups is 2. The standard InChI is InChI=1S/C16H19NO5/c1-21-12-9-11(10-13(22-2)16(12)20)6-7-15(19)17-8-4-3-5-14(17)18/h6-7,9-10,20H,3-5,8H2,1-2H3/b7-6+. The number of piperidine rings is 1. The van der Waals surface area contributed by atoms with Gasteiger partial charge in [0.25, 0.3) is 5.91 Å². The predicted octanol–water partition coefficient (Wildman–Crippen LogP) is 1.96. The van der Waals surface area contributed by atoms with Crippen molar-refractivity contribution in [3.8, 4) is 17.2 Å². The molecular weight excluding hydrogens is 286 g/mol. The van der Waals surface area contributed by atoms with Gasteiger partial charge in [-0.05, 0) is 36.6 Å². The zero-order valence-electron chi connectivity index (χ0n) is 12.7. The molecule has 2 amide bonds. The number of likely N-dealkylation sites (tertiary alicyclic amines) is 1. The number of rotatable bonds is 4. The fourth-order valence-electron chi connectivity index (χ4n) is 2.31. The van der Waals surface area contributed by atoms with E-state index >= 15 is 0 Å². The molecule has 1 N–H and O–H groups in total. The Morgan fingerprint density at radius 2 is 1.86 bits per heavy atom. The topological polar surface area (TPSA) is 76.1 Å². The van der Waals surface area contributed by atoms with Crippen molar-refractivity contribution in [3.63, 3.8) is 0 Å². The van der Waals surface area contributed by atoms with Crippen molar-refractivity contribution in [2.45, 2.75) is 19.3 Å². The van der Waals surface area contributed by atoms with Crippen molar-refractivity contribution >= 4 is 17.9 Å². The number of phenols is 1. The summed E-state index contributed by atoms with van der Waals surface area (Å²) in [6.45, 7) is 0.463. The predicted molar refractivity (Wildman–Crippen MR) is 80.8 cm³/mol. The van der Waals surface area contributed by atoms with Gasteiger partial charge in [-0.3, -0.25) is 14.5 Å². The zero-order chi connectivity index (χ0) is 16.1. The van der Waals surface area contributed by atoms with Gasteiger partial charge in [-0.2, -0.15) is 0 Å². The maximum atomic E-state index is 12.1. The number of hydrogen-bond acceptors (Lipinski definition) is 5. The molecule has 22 heavy (non-hydrogen) atoms. The number of amides is 2. The van der Waals surface area contributed by atoms with Crippen LogP contribution in [0.4, 0.5) is 0 Å². The Hall–Kier alpha value is -2.50. The largest absolute Gasteiger partial charge is 0.502 e. The second kappa shape index (κ2) is 6.98. The van der Waals surface area contributed by atoms with Gasteiger partial charge < -0.3 is 14.6 Å². The van der Waals surface area contributed by atoms with Gasteiger partial charge in [0.15, 0.2) is 11.5 Å². The summed E-state index contributed by atoms with van der Waals surface area (Å²) >= 11 is 0. The minimum atomic E-state index is -0.337. The van der Waals surface area contributed by atoms with Gasteiger partial charge in [0.05, 0.1) is 14.2 Å². The van der Waals surface area contributed by atoms with Crippen LogP contribution in [0.2, 0.25) is 0 Å². The number of imide groups is 1. The molecule has 1 aromatic rings. The highest BCUT2D eigenvalue weighted by atomic mass is 16.5. The number of aromatic hydroxyl groups is 1. The lowest BCUT2D eigenvalue weighted by atomic mass is 10.1. The minimum Gasteiger partial charge on any atom is -0.502 e. The molecule has 6 heteroatoms. The Labute approximate surface area is 128 Å². The quantitative estimate of drug-likeness (QED) is 0.861. The Morgan fingerprint density at radius 1 is 1.23 bits per heavy atom. The fraction of sp³-hybridized carbons (Fsp3) is 0.375. The molecule has 6 nitrogen and oxygen atoms in total. The van der Waals surface area contributed by atoms with Crippen LogP contribution in [0.5, 0.6) is 17.2 Å². The maximum Gasteiger partial charge on any atom is 0.253 e. The van der Waals surface area contributed by atoms with E-state index in [1.807, 2.05) is 0 Å². The summed E-state index contributed by atoms with van der Waals surface area (Å²) in [5.74, 6) is -0.0712. The van der Waals surface area contributed by atoms with Crippen LogP contribution in [0.25, 0.3) is 6.08 Å². The van der Waals surface area contributed by atoms with Gasteiger partial charge in [-0.25, -0.2) is 0 Å². The van der Waals surface area contributed by atoms with Crippen LogP contribution in [0.15, 0.2) is 18.2 Å². The highest BCUT2D eigenvalue weighted by Crippen LogP contribution is 2.37. The molecular formula is C16H19NO5. The van der Waals surface area contributed by atoms with Crippen LogP contribution in [0.1, 0.15) is 24.8 Å². The van der Waals surface area contributed by atoms with Crippen LogP contribution in [-0.4, -0.2) is 42.6 Å². The van der Waals surface area contributed by atoms with Crippen molar-refractivity contribution in [3.05, 3.63) is 23.8 Å². The van der Waals surface area contributed by atoms with Gasteiger partial charge in [0.1, 0.15) is 0 Å². The van der Waals surface area contributed by atoms with E-state index in [1.54, 1.807) is 18.2 Å². The lowest BCUT2D eigenvalue weighted by Crippen LogP contribution is -2.39. The van der Waals surface area contributed by atoms with E-state index in [1.165, 1.54) is 25.2 Å². The first-order valence-electron chi connectivity index (χ1n) is 7.04. The normalized spacial score (nSPS) is 15.2. The zero-order valence-corrected chi connectivity index (χ0v) is 12.7. The molecule has 118 valence electrons. The molecule has 2 rings (SSSR count). The highest BCUT2D eigenvalue weighted by Gasteiger charge is 2.22. The van der Waals surface area contributed by atoms with Crippen LogP contribution >= 0.6 is 0 Å². The van der Waals surface area contributed by atoms with E-state index in [0.717, 1.165) is 12.8 Å². The van der Waals surface area contributed by atoms with Gasteiger partial charge in [0.2, 0.25) is 11.7 Å². The molecule has 0 aromatic heterocycles. The molecule has 1 aliphatic rings. The molecule has 0 aliphatic carbocycles. The summed E-state index contributed by atoms with van der Waals surface area (Å²) in [6, 6.07) is 3.17. The van der Waals surface area contributed by atoms with E-state index in [4.69, 9.17) is 9.47 Å². The van der Waals surface area contributed by atoms with Crippen molar-refractivity contribution in [1.29, 1.82) is 0 Å². The molecule has 0 radical (unpaired) electrons. The monoisotopic (exact) mass is 305 g/mol. The molecule has 1 aliphatic heterocycles. The molecule has 0 saturated carbocycles. The summed E-state index contributed by atoms with van der Waals surface area (Å²) in [7, 11) is 2.86. The number of methoxy groups -OCH3 is 2. The minimum absolute atomic E-state index is 0.0975. The Balaban J connectivity index is 2.18. The van der Waals surface area contributed by atoms with Crippen LogP contribution < -0.4 is 9.47 Å². The lowest BCUT2D eigenvalue weighted by Gasteiger charge is -2.23. The number of ether oxygens (including phenoxy) is 2. The highest BCUT2D eigenvalue weighted by molar-refractivity contribution is 6.03. The van der Waals surface area contributed by atoms with E-state index < -0.39 is 0 Å². The van der Waals surface area contributed by atoms with Crippen molar-refractivity contribution < 1.29 is 24.2 Å². The van der Waals surface area contributed by atoms with Crippen LogP contribution in [-0.2, 0) is 9.59 Å². The van der Waals surface area contributed by atoms with Gasteiger partial charge in [-0.15, -0.1) is 0 Å². The lowest BCUT2D eigenvalue weighted by molar-refractivity contribution is -0.143. The summed E-state index contributed by atoms with van der Waals surface area (Å²) in [4.78, 5) is 25.0. The average Bonchev–Trinajstić information content (AvgIpc) is 2.54. The van der Waals surface area contributed by atoms with Crippen molar-refractivity contribution in [1.82, 2.24) is 4.90 Å². The van der Waals surface area contributed by atoms with E-state index in [-0.39, 0.29) is 29.1 Å². The number of carbonyl (C=O) groups excluding carboxylic acids is 2. The number of nitrogens with zero attached hydrogens (tertiary/aromatic N) is 1. The summed E-state index contributed by atoms with van der Waals surface area (Å²) in [5, 5.41) is 9.84. The van der Waals surface area contributed by atoms with E-state index in [0.29, 0.717) is 18.5 Å². The van der Waals surface area contributed by atoms with E-state index in [9.17, 15) is 14.7 Å². The smallest absolute Gasteiger partial charge is 0.253 e. The third-order valence-electron chi connectivity index (χ3n) is 3.51. The summed E-state index contributed by atoms with van der Waals surface area (Å²) < 4.78 is 10.1. The second-order valence-electron chi connectivity index (χ2n) is 4.95. The van der Waals surface area contributed by atoms with Gasteiger partial charge >= 0.3 is 0 Å². The third-order valence-corrected chi connectivity index (χ3v) is 3.51. The van der Waals surface area contributed by atoms with Gasteiger partial charge in [-0.1, -0.05) is 0 Å². The number of benzene rings is 1. The van der Waals surface area contributed by atoms with Crippen molar-refractivity contribution in [2.24, 2.45) is 0 Å². The third kappa shape index (κ3) is 3.39. The number of hydrogen-bond donors (Lipinski definition) is 1. The molecule has 0 unspecified atom stereocenters. The molecule has 1 fully saturated rings. The summed E-state index contributed by atoms with van der Waals surface area (Å²) in [6.07, 6.45) is 4.99. The Bertz CT molecular complexity index is 584. The SMILES string of the molecule is COc1cc(/C=C/C(=O)N2CCCCC2=O)cc(OC)c1O. The van der Waals surface area contributed by atoms with Crippen LogP contribution in [0, 0.1) is 0 Å². The Kier molecular flexibility index (Phi) is 5.04. The first-order valence-corrected chi connectivity index (χ1v) is 7.04. The van der Waals surface area contributed by atoms with Crippen molar-refractivity contribution in [2.75, 3.05) is 20.8 Å². The van der Waals surface area contributed by atoms with Crippen LogP contribution in [0.3, 0.4) is 0 Å². The average molecular weight is 305 g/mol. The Morgan fingerprint density at radius 3 is 2.41 bits per heavy atom. The first-order chi connectivity index (χ1) is 10.6. The molecule has 0 atom stereocenters.